The monoisotopic (exact) mass is 265 g/mol. The zero-order chi connectivity index (χ0) is 13.1. The fourth-order valence-corrected chi connectivity index (χ4v) is 3.26. The van der Waals surface area contributed by atoms with Crippen LogP contribution in [0.2, 0.25) is 0 Å². The molecule has 1 aliphatic rings. The topological polar surface area (TPSA) is 49.3 Å². The lowest BCUT2D eigenvalue weighted by molar-refractivity contribution is 0.0697. The molecule has 0 spiro atoms. The number of anilines is 1. The number of thioether (sulfide) groups is 1. The largest absolute Gasteiger partial charge is 0.478 e. The third-order valence-electron chi connectivity index (χ3n) is 3.55. The number of carbonyl (C=O) groups is 1. The number of carboxylic acids is 1. The minimum atomic E-state index is -0.868. The van der Waals surface area contributed by atoms with E-state index in [-0.39, 0.29) is 0 Å². The maximum atomic E-state index is 10.9. The number of benzene rings is 1. The van der Waals surface area contributed by atoms with Crippen molar-refractivity contribution < 1.29 is 9.90 Å². The average Bonchev–Trinajstić information content (AvgIpc) is 2.79. The third kappa shape index (κ3) is 2.99. The van der Waals surface area contributed by atoms with Gasteiger partial charge in [-0.15, -0.1) is 0 Å². The van der Waals surface area contributed by atoms with Gasteiger partial charge in [-0.25, -0.2) is 4.79 Å². The summed E-state index contributed by atoms with van der Waals surface area (Å²) < 4.78 is 0. The summed E-state index contributed by atoms with van der Waals surface area (Å²) in [6.45, 7) is 1.95. The lowest BCUT2D eigenvalue weighted by Gasteiger charge is -2.16. The molecule has 1 saturated carbocycles. The molecule has 2 unspecified atom stereocenters. The van der Waals surface area contributed by atoms with Crippen LogP contribution in [0.3, 0.4) is 0 Å². The predicted octanol–water partition coefficient (Wildman–Crippen LogP) is 3.39. The zero-order valence-corrected chi connectivity index (χ0v) is 11.6. The van der Waals surface area contributed by atoms with Crippen LogP contribution in [0.15, 0.2) is 18.2 Å². The van der Waals surface area contributed by atoms with Crippen LogP contribution >= 0.6 is 11.8 Å². The highest BCUT2D eigenvalue weighted by Gasteiger charge is 2.24. The van der Waals surface area contributed by atoms with E-state index in [2.05, 4.69) is 11.6 Å². The summed E-state index contributed by atoms with van der Waals surface area (Å²) in [5.41, 5.74) is 2.42. The smallest absolute Gasteiger partial charge is 0.335 e. The highest BCUT2D eigenvalue weighted by molar-refractivity contribution is 7.99. The molecular weight excluding hydrogens is 246 g/mol. The molecule has 0 aromatic heterocycles. The van der Waals surface area contributed by atoms with Gasteiger partial charge in [-0.05, 0) is 56.2 Å². The molecule has 4 heteroatoms. The highest BCUT2D eigenvalue weighted by Crippen LogP contribution is 2.31. The van der Waals surface area contributed by atoms with Crippen molar-refractivity contribution in [3.8, 4) is 0 Å². The second-order valence-electron chi connectivity index (χ2n) is 4.85. The van der Waals surface area contributed by atoms with E-state index in [1.807, 2.05) is 24.8 Å². The molecule has 0 saturated heterocycles. The molecule has 1 aromatic rings. The first-order chi connectivity index (χ1) is 8.60. The van der Waals surface area contributed by atoms with E-state index in [1.165, 1.54) is 19.3 Å². The van der Waals surface area contributed by atoms with Gasteiger partial charge in [-0.3, -0.25) is 0 Å². The fraction of sp³-hybridized carbons (Fsp3) is 0.500. The van der Waals surface area contributed by atoms with Gasteiger partial charge in [0.2, 0.25) is 0 Å². The minimum absolute atomic E-state index is 0.353. The first-order valence-electron chi connectivity index (χ1n) is 6.23. The quantitative estimate of drug-likeness (QED) is 0.876. The van der Waals surface area contributed by atoms with E-state index in [4.69, 9.17) is 5.11 Å². The van der Waals surface area contributed by atoms with Gasteiger partial charge in [0, 0.05) is 17.0 Å². The molecule has 0 amide bonds. The first-order valence-corrected chi connectivity index (χ1v) is 7.52. The molecule has 2 atom stereocenters. The number of hydrogen-bond acceptors (Lipinski definition) is 3. The third-order valence-corrected chi connectivity index (χ3v) is 4.65. The molecular formula is C14H19NO2S. The Hall–Kier alpha value is -1.16. The van der Waals surface area contributed by atoms with Crippen LogP contribution in [0.1, 0.15) is 35.2 Å². The van der Waals surface area contributed by atoms with Crippen LogP contribution in [0.25, 0.3) is 0 Å². The first kappa shape index (κ1) is 13.3. The molecule has 1 fully saturated rings. The van der Waals surface area contributed by atoms with Crippen LogP contribution in [-0.4, -0.2) is 28.6 Å². The number of rotatable bonds is 4. The molecule has 3 nitrogen and oxygen atoms in total. The Kier molecular flexibility index (Phi) is 4.17. The van der Waals surface area contributed by atoms with Gasteiger partial charge < -0.3 is 10.4 Å². The molecule has 0 aliphatic heterocycles. The van der Waals surface area contributed by atoms with Crippen molar-refractivity contribution in [3.63, 3.8) is 0 Å². The van der Waals surface area contributed by atoms with E-state index in [0.29, 0.717) is 11.6 Å². The summed E-state index contributed by atoms with van der Waals surface area (Å²) in [7, 11) is 0. The normalized spacial score (nSPS) is 23.0. The number of nitrogens with one attached hydrogen (secondary N) is 1. The summed E-state index contributed by atoms with van der Waals surface area (Å²) in [6.07, 6.45) is 5.83. The second kappa shape index (κ2) is 5.65. The van der Waals surface area contributed by atoms with Crippen molar-refractivity contribution in [3.05, 3.63) is 29.3 Å². The summed E-state index contributed by atoms with van der Waals surface area (Å²) in [4.78, 5) is 10.9. The number of hydrogen-bond donors (Lipinski definition) is 2. The Morgan fingerprint density at radius 3 is 2.78 bits per heavy atom. The standard InChI is InChI=1S/C14H19NO2S/c1-9-7-10(14(16)17)3-6-13(9)15-11-4-5-12(8-11)18-2/h3,6-7,11-12,15H,4-5,8H2,1-2H3,(H,16,17). The summed E-state index contributed by atoms with van der Waals surface area (Å²) in [5, 5.41) is 13.2. The predicted molar refractivity (Wildman–Crippen MR) is 76.7 cm³/mol. The molecule has 2 N–H and O–H groups in total. The van der Waals surface area contributed by atoms with Gasteiger partial charge in [-0.1, -0.05) is 0 Å². The van der Waals surface area contributed by atoms with Gasteiger partial charge in [0.1, 0.15) is 0 Å². The number of aromatic carboxylic acids is 1. The maximum Gasteiger partial charge on any atom is 0.335 e. The molecule has 1 aromatic carbocycles. The zero-order valence-electron chi connectivity index (χ0n) is 10.8. The Morgan fingerprint density at radius 1 is 1.44 bits per heavy atom. The van der Waals surface area contributed by atoms with Crippen LogP contribution in [-0.2, 0) is 0 Å². The highest BCUT2D eigenvalue weighted by atomic mass is 32.2. The summed E-state index contributed by atoms with van der Waals surface area (Å²) in [6, 6.07) is 5.80. The van der Waals surface area contributed by atoms with Crippen molar-refractivity contribution in [2.45, 2.75) is 37.5 Å². The summed E-state index contributed by atoms with van der Waals surface area (Å²) in [5.74, 6) is -0.868. The van der Waals surface area contributed by atoms with Crippen molar-refractivity contribution in [2.75, 3.05) is 11.6 Å². The Balaban J connectivity index is 2.04. The van der Waals surface area contributed by atoms with Gasteiger partial charge in [0.25, 0.3) is 0 Å². The molecule has 98 valence electrons. The van der Waals surface area contributed by atoms with Crippen molar-refractivity contribution in [1.29, 1.82) is 0 Å². The van der Waals surface area contributed by atoms with Gasteiger partial charge >= 0.3 is 5.97 Å². The number of aryl methyl sites for hydroxylation is 1. The van der Waals surface area contributed by atoms with E-state index >= 15 is 0 Å². The molecule has 0 bridgehead atoms. The van der Waals surface area contributed by atoms with E-state index < -0.39 is 5.97 Å². The number of carboxylic acid groups (broad SMARTS) is 1. The van der Waals surface area contributed by atoms with Gasteiger partial charge in [0.05, 0.1) is 5.56 Å². The van der Waals surface area contributed by atoms with Crippen LogP contribution in [0.4, 0.5) is 5.69 Å². The van der Waals surface area contributed by atoms with Gasteiger partial charge in [0.15, 0.2) is 0 Å². The van der Waals surface area contributed by atoms with Crippen molar-refractivity contribution in [2.24, 2.45) is 0 Å². The minimum Gasteiger partial charge on any atom is -0.478 e. The lowest BCUT2D eigenvalue weighted by Crippen LogP contribution is -2.16. The fourth-order valence-electron chi connectivity index (χ4n) is 2.46. The van der Waals surface area contributed by atoms with Gasteiger partial charge in [-0.2, -0.15) is 11.8 Å². The molecule has 2 rings (SSSR count). The van der Waals surface area contributed by atoms with E-state index in [1.54, 1.807) is 12.1 Å². The van der Waals surface area contributed by atoms with Crippen LogP contribution in [0, 0.1) is 6.92 Å². The van der Waals surface area contributed by atoms with Crippen molar-refractivity contribution in [1.82, 2.24) is 0 Å². The molecule has 0 heterocycles. The molecule has 1 aliphatic carbocycles. The van der Waals surface area contributed by atoms with Crippen LogP contribution < -0.4 is 5.32 Å². The Labute approximate surface area is 112 Å². The molecule has 0 radical (unpaired) electrons. The Morgan fingerprint density at radius 2 is 2.22 bits per heavy atom. The Bertz CT molecular complexity index is 447. The average molecular weight is 265 g/mol. The SMILES string of the molecule is CSC1CCC(Nc2ccc(C(=O)O)cc2C)C1. The summed E-state index contributed by atoms with van der Waals surface area (Å²) >= 11 is 1.94. The van der Waals surface area contributed by atoms with Crippen molar-refractivity contribution >= 4 is 23.4 Å². The van der Waals surface area contributed by atoms with E-state index in [0.717, 1.165) is 16.5 Å². The van der Waals surface area contributed by atoms with Crippen LogP contribution in [0.5, 0.6) is 0 Å². The van der Waals surface area contributed by atoms with E-state index in [9.17, 15) is 4.79 Å². The second-order valence-corrected chi connectivity index (χ2v) is 5.98. The maximum absolute atomic E-state index is 10.9. The molecule has 18 heavy (non-hydrogen) atoms. The lowest BCUT2D eigenvalue weighted by atomic mass is 10.1.